The summed E-state index contributed by atoms with van der Waals surface area (Å²) in [6.07, 6.45) is 2.40. The van der Waals surface area contributed by atoms with Crippen LogP contribution in [0.4, 0.5) is 0 Å². The van der Waals surface area contributed by atoms with Crippen molar-refractivity contribution in [2.24, 2.45) is 10.4 Å². The molecule has 1 aliphatic rings. The third kappa shape index (κ3) is 8.55. The Labute approximate surface area is 196 Å². The normalized spacial score (nSPS) is 17.7. The third-order valence-corrected chi connectivity index (χ3v) is 5.71. The number of benzene rings is 1. The molecule has 0 radical (unpaired) electrons. The predicted molar refractivity (Wildman–Crippen MR) is 133 cm³/mol. The maximum absolute atomic E-state index is 5.62. The van der Waals surface area contributed by atoms with Crippen LogP contribution in [-0.2, 0) is 11.3 Å². The van der Waals surface area contributed by atoms with Gasteiger partial charge in [-0.3, -0.25) is 9.89 Å². The van der Waals surface area contributed by atoms with E-state index in [1.54, 1.807) is 7.11 Å². The number of aliphatic imine (C=N–C) groups is 1. The molecule has 5 nitrogen and oxygen atoms in total. The van der Waals surface area contributed by atoms with Crippen molar-refractivity contribution in [2.45, 2.75) is 52.3 Å². The molecule has 7 heteroatoms. The fraction of sp³-hybridized carbons (Fsp3) is 0.667. The van der Waals surface area contributed by atoms with Gasteiger partial charge in [-0.25, -0.2) is 0 Å². The minimum absolute atomic E-state index is 0. The van der Waals surface area contributed by atoms with Crippen molar-refractivity contribution in [1.29, 1.82) is 0 Å². The summed E-state index contributed by atoms with van der Waals surface area (Å²) < 4.78 is 6.76. The van der Waals surface area contributed by atoms with Crippen molar-refractivity contribution in [3.05, 3.63) is 34.3 Å². The highest BCUT2D eigenvalue weighted by atomic mass is 127. The van der Waals surface area contributed by atoms with E-state index in [0.29, 0.717) is 6.04 Å². The van der Waals surface area contributed by atoms with Gasteiger partial charge in [0.1, 0.15) is 0 Å². The average Bonchev–Trinajstić information content (AvgIpc) is 2.63. The van der Waals surface area contributed by atoms with Gasteiger partial charge in [-0.1, -0.05) is 48.8 Å². The van der Waals surface area contributed by atoms with Gasteiger partial charge in [0.15, 0.2) is 5.96 Å². The lowest BCUT2D eigenvalue weighted by Crippen LogP contribution is -2.51. The first-order chi connectivity index (χ1) is 12.8. The fourth-order valence-electron chi connectivity index (χ4n) is 3.40. The molecule has 1 unspecified atom stereocenters. The van der Waals surface area contributed by atoms with Gasteiger partial charge in [0.25, 0.3) is 0 Å². The zero-order chi connectivity index (χ0) is 19.9. The fourth-order valence-corrected chi connectivity index (χ4v) is 3.67. The molecule has 1 aromatic rings. The van der Waals surface area contributed by atoms with Crippen LogP contribution < -0.4 is 10.6 Å². The van der Waals surface area contributed by atoms with Crippen LogP contribution in [0.5, 0.6) is 0 Å². The van der Waals surface area contributed by atoms with Crippen LogP contribution in [0, 0.1) is 5.41 Å². The van der Waals surface area contributed by atoms with Crippen LogP contribution in [0.25, 0.3) is 0 Å². The molecular weight excluding hydrogens is 531 g/mol. The first kappa shape index (κ1) is 25.7. The molecule has 0 amide bonds. The highest BCUT2D eigenvalue weighted by Crippen LogP contribution is 2.21. The van der Waals surface area contributed by atoms with E-state index in [0.717, 1.165) is 49.5 Å². The minimum Gasteiger partial charge on any atom is -0.379 e. The second-order valence-corrected chi connectivity index (χ2v) is 9.28. The smallest absolute Gasteiger partial charge is 0.191 e. The number of hydrogen-bond donors (Lipinski definition) is 2. The number of likely N-dealkylation sites (tertiary alicyclic amines) is 1. The lowest BCUT2D eigenvalue weighted by atomic mass is 9.89. The highest BCUT2D eigenvalue weighted by molar-refractivity contribution is 14.0. The molecule has 0 spiro atoms. The predicted octanol–water partition coefficient (Wildman–Crippen LogP) is 4.26. The Hall–Kier alpha value is -0.380. The Kier molecular flexibility index (Phi) is 11.3. The lowest BCUT2D eigenvalue weighted by molar-refractivity contribution is 0.0204. The average molecular weight is 567 g/mol. The summed E-state index contributed by atoms with van der Waals surface area (Å²) in [6, 6.07) is 9.09. The Morgan fingerprint density at radius 3 is 2.36 bits per heavy atom. The van der Waals surface area contributed by atoms with Crippen LogP contribution >= 0.6 is 39.9 Å². The summed E-state index contributed by atoms with van der Waals surface area (Å²) >= 11 is 3.50. The van der Waals surface area contributed by atoms with Crippen LogP contribution in [0.3, 0.4) is 0 Å². The number of piperidine rings is 1. The number of methoxy groups -OCH3 is 1. The molecule has 1 aliphatic heterocycles. The maximum atomic E-state index is 5.62. The number of nitrogens with zero attached hydrogens (tertiary/aromatic N) is 2. The Morgan fingerprint density at radius 1 is 1.25 bits per heavy atom. The SMILES string of the molecule is CN=C(NCC(OC)C(C)(C)C)NC1CCN(Cc2ccc(Br)cc2)CC1.I. The van der Waals surface area contributed by atoms with Crippen molar-refractivity contribution in [1.82, 2.24) is 15.5 Å². The molecule has 1 heterocycles. The molecule has 1 saturated heterocycles. The van der Waals surface area contributed by atoms with Gasteiger partial charge in [0.2, 0.25) is 0 Å². The first-order valence-corrected chi connectivity index (χ1v) is 10.6. The highest BCUT2D eigenvalue weighted by Gasteiger charge is 2.25. The van der Waals surface area contributed by atoms with E-state index in [1.165, 1.54) is 5.56 Å². The molecule has 1 aromatic carbocycles. The van der Waals surface area contributed by atoms with Gasteiger partial charge in [-0.2, -0.15) is 0 Å². The molecular formula is C21H36BrIN4O. The topological polar surface area (TPSA) is 48.9 Å². The van der Waals surface area contributed by atoms with Crippen molar-refractivity contribution in [3.63, 3.8) is 0 Å². The summed E-state index contributed by atoms with van der Waals surface area (Å²) in [6.45, 7) is 10.6. The van der Waals surface area contributed by atoms with E-state index in [9.17, 15) is 0 Å². The Balaban J connectivity index is 0.00000392. The lowest BCUT2D eigenvalue weighted by Gasteiger charge is -2.34. The van der Waals surface area contributed by atoms with Crippen LogP contribution in [0.15, 0.2) is 33.7 Å². The number of hydrogen-bond acceptors (Lipinski definition) is 3. The Morgan fingerprint density at radius 2 is 1.86 bits per heavy atom. The molecule has 0 bridgehead atoms. The number of guanidine groups is 1. The molecule has 2 rings (SSSR count). The number of ether oxygens (including phenoxy) is 1. The van der Waals surface area contributed by atoms with Gasteiger partial charge < -0.3 is 15.4 Å². The van der Waals surface area contributed by atoms with Gasteiger partial charge in [0, 0.05) is 50.9 Å². The van der Waals surface area contributed by atoms with E-state index >= 15 is 0 Å². The van der Waals surface area contributed by atoms with Crippen molar-refractivity contribution in [2.75, 3.05) is 33.8 Å². The first-order valence-electron chi connectivity index (χ1n) is 9.78. The summed E-state index contributed by atoms with van der Waals surface area (Å²) in [5.74, 6) is 0.868. The van der Waals surface area contributed by atoms with Crippen molar-refractivity contribution in [3.8, 4) is 0 Å². The number of nitrogens with one attached hydrogen (secondary N) is 2. The molecule has 0 aliphatic carbocycles. The van der Waals surface area contributed by atoms with Gasteiger partial charge in [0.05, 0.1) is 6.10 Å². The van der Waals surface area contributed by atoms with E-state index in [4.69, 9.17) is 4.74 Å². The molecule has 28 heavy (non-hydrogen) atoms. The van der Waals surface area contributed by atoms with Gasteiger partial charge in [-0.05, 0) is 36.0 Å². The van der Waals surface area contributed by atoms with Gasteiger partial charge in [-0.15, -0.1) is 24.0 Å². The molecule has 0 aromatic heterocycles. The van der Waals surface area contributed by atoms with E-state index in [1.807, 2.05) is 7.05 Å². The van der Waals surface area contributed by atoms with Crippen molar-refractivity contribution < 1.29 is 4.74 Å². The maximum Gasteiger partial charge on any atom is 0.191 e. The second kappa shape index (κ2) is 12.3. The number of rotatable bonds is 6. The monoisotopic (exact) mass is 566 g/mol. The summed E-state index contributed by atoms with van der Waals surface area (Å²) in [7, 11) is 3.60. The van der Waals surface area contributed by atoms with E-state index in [-0.39, 0.29) is 35.5 Å². The van der Waals surface area contributed by atoms with Gasteiger partial charge >= 0.3 is 0 Å². The quantitative estimate of drug-likeness (QED) is 0.307. The van der Waals surface area contributed by atoms with Crippen LogP contribution in [-0.4, -0.2) is 56.8 Å². The standard InChI is InChI=1S/C21H35BrN4O.HI/c1-21(2,3)19(27-5)14-24-20(23-4)25-18-10-12-26(13-11-18)15-16-6-8-17(22)9-7-16;/h6-9,18-19H,10-15H2,1-5H3,(H2,23,24,25);1H. The molecule has 2 N–H and O–H groups in total. The van der Waals surface area contributed by atoms with E-state index in [2.05, 4.69) is 81.5 Å². The zero-order valence-corrected chi connectivity index (χ0v) is 21.7. The second-order valence-electron chi connectivity index (χ2n) is 8.36. The summed E-state index contributed by atoms with van der Waals surface area (Å²) in [4.78, 5) is 6.91. The summed E-state index contributed by atoms with van der Waals surface area (Å²) in [5.41, 5.74) is 1.47. The molecule has 1 fully saturated rings. The van der Waals surface area contributed by atoms with Crippen LogP contribution in [0.2, 0.25) is 0 Å². The Bertz CT molecular complexity index is 595. The number of halogens is 2. The van der Waals surface area contributed by atoms with Crippen molar-refractivity contribution >= 4 is 45.9 Å². The van der Waals surface area contributed by atoms with E-state index < -0.39 is 0 Å². The van der Waals surface area contributed by atoms with Crippen LogP contribution in [0.1, 0.15) is 39.2 Å². The zero-order valence-electron chi connectivity index (χ0n) is 17.8. The molecule has 160 valence electrons. The molecule has 1 atom stereocenters. The third-order valence-electron chi connectivity index (χ3n) is 5.18. The minimum atomic E-state index is 0. The largest absolute Gasteiger partial charge is 0.379 e. The molecule has 0 saturated carbocycles. The summed E-state index contributed by atoms with van der Waals surface area (Å²) in [5, 5.41) is 7.01.